The monoisotopic (exact) mass is 293 g/mol. The van der Waals surface area contributed by atoms with E-state index in [-0.39, 0.29) is 0 Å². The molecule has 1 aromatic heterocycles. The second-order valence-corrected chi connectivity index (χ2v) is 5.59. The number of benzene rings is 1. The molecule has 0 spiro atoms. The Hall–Kier alpha value is -1.39. The molecule has 0 aliphatic rings. The van der Waals surface area contributed by atoms with Gasteiger partial charge in [-0.1, -0.05) is 38.1 Å². The van der Waals surface area contributed by atoms with E-state index in [2.05, 4.69) is 53.6 Å². The molecule has 2 aromatic rings. The van der Waals surface area contributed by atoms with Gasteiger partial charge in [0.05, 0.1) is 17.8 Å². The van der Waals surface area contributed by atoms with E-state index in [4.69, 9.17) is 11.6 Å². The summed E-state index contributed by atoms with van der Waals surface area (Å²) in [5, 5.41) is 6.84. The van der Waals surface area contributed by atoms with Crippen LogP contribution in [0.15, 0.2) is 34.7 Å². The molecule has 3 nitrogen and oxygen atoms in total. The maximum atomic E-state index is 5.69. The summed E-state index contributed by atoms with van der Waals surface area (Å²) in [6, 6.07) is 8.38. The third-order valence-electron chi connectivity index (χ3n) is 2.67. The summed E-state index contributed by atoms with van der Waals surface area (Å²) in [6.45, 7) is 4.36. The number of halogens is 1. The summed E-state index contributed by atoms with van der Waals surface area (Å²) >= 11 is 7.18. The Morgan fingerprint density at radius 2 is 2.11 bits per heavy atom. The summed E-state index contributed by atoms with van der Waals surface area (Å²) in [5.41, 5.74) is 6.16. The van der Waals surface area contributed by atoms with Crippen LogP contribution >= 0.6 is 22.9 Å². The Balaban J connectivity index is 1.94. The number of rotatable bonds is 5. The maximum Gasteiger partial charge on any atom is 0.203 e. The number of aromatic nitrogens is 1. The van der Waals surface area contributed by atoms with Crippen LogP contribution in [0, 0.1) is 0 Å². The van der Waals surface area contributed by atoms with Crippen molar-refractivity contribution in [2.75, 3.05) is 5.43 Å². The van der Waals surface area contributed by atoms with Gasteiger partial charge in [-0.2, -0.15) is 5.10 Å². The lowest BCUT2D eigenvalue weighted by Gasteiger charge is -2.04. The lowest BCUT2D eigenvalue weighted by atomic mass is 10.0. The molecule has 0 aliphatic carbocycles. The Morgan fingerprint density at radius 1 is 1.37 bits per heavy atom. The van der Waals surface area contributed by atoms with Crippen LogP contribution in [0.5, 0.6) is 0 Å². The number of nitrogens with one attached hydrogen (secondary N) is 1. The molecule has 0 saturated heterocycles. The van der Waals surface area contributed by atoms with Crippen molar-refractivity contribution in [2.45, 2.75) is 25.6 Å². The molecule has 0 unspecified atom stereocenters. The molecule has 1 heterocycles. The van der Waals surface area contributed by atoms with Crippen LogP contribution in [0.1, 0.15) is 36.6 Å². The van der Waals surface area contributed by atoms with E-state index in [9.17, 15) is 0 Å². The molecule has 0 fully saturated rings. The van der Waals surface area contributed by atoms with E-state index in [0.29, 0.717) is 11.8 Å². The van der Waals surface area contributed by atoms with Crippen LogP contribution in [0.4, 0.5) is 5.13 Å². The number of thiazole rings is 1. The van der Waals surface area contributed by atoms with Gasteiger partial charge in [-0.15, -0.1) is 22.9 Å². The van der Waals surface area contributed by atoms with Crippen molar-refractivity contribution >= 4 is 34.3 Å². The van der Waals surface area contributed by atoms with E-state index in [1.165, 1.54) is 16.9 Å². The summed E-state index contributed by atoms with van der Waals surface area (Å²) in [4.78, 5) is 4.26. The van der Waals surface area contributed by atoms with Gasteiger partial charge in [-0.3, -0.25) is 5.43 Å². The topological polar surface area (TPSA) is 37.3 Å². The van der Waals surface area contributed by atoms with Gasteiger partial charge in [0.1, 0.15) is 0 Å². The number of hydrazone groups is 1. The number of anilines is 1. The normalized spacial score (nSPS) is 11.4. The summed E-state index contributed by atoms with van der Waals surface area (Å²) in [5.74, 6) is 0.979. The fraction of sp³-hybridized carbons (Fsp3) is 0.286. The molecular weight excluding hydrogens is 278 g/mol. The molecule has 0 bridgehead atoms. The maximum absolute atomic E-state index is 5.69. The predicted octanol–water partition coefficient (Wildman–Crippen LogP) is 4.45. The fourth-order valence-corrected chi connectivity index (χ4v) is 2.44. The highest BCUT2D eigenvalue weighted by atomic mass is 35.5. The number of nitrogens with zero attached hydrogens (tertiary/aromatic N) is 2. The standard InChI is InChI=1S/C14H16ClN3S/c1-10(2)12-5-3-11(4-6-12)8-16-18-14-17-13(7-15)9-19-14/h3-6,8-10H,7H2,1-2H3,(H,17,18)/b16-8+. The first-order valence-corrected chi connectivity index (χ1v) is 7.50. The quantitative estimate of drug-likeness (QED) is 0.502. The first kappa shape index (κ1) is 14.0. The second kappa shape index (κ2) is 6.68. The van der Waals surface area contributed by atoms with Crippen LogP contribution in [0.25, 0.3) is 0 Å². The van der Waals surface area contributed by atoms with Gasteiger partial charge in [0, 0.05) is 5.38 Å². The molecular formula is C14H16ClN3S. The molecule has 2 rings (SSSR count). The summed E-state index contributed by atoms with van der Waals surface area (Å²) < 4.78 is 0. The molecule has 0 saturated carbocycles. The molecule has 1 aromatic carbocycles. The zero-order chi connectivity index (χ0) is 13.7. The number of hydrogen-bond acceptors (Lipinski definition) is 4. The molecule has 0 radical (unpaired) electrons. The van der Waals surface area contributed by atoms with Gasteiger partial charge >= 0.3 is 0 Å². The minimum absolute atomic E-state index is 0.429. The molecule has 0 aliphatic heterocycles. The largest absolute Gasteiger partial charge is 0.253 e. The van der Waals surface area contributed by atoms with E-state index < -0.39 is 0 Å². The van der Waals surface area contributed by atoms with Crippen LogP contribution < -0.4 is 5.43 Å². The zero-order valence-electron chi connectivity index (χ0n) is 10.9. The van der Waals surface area contributed by atoms with E-state index in [1.54, 1.807) is 6.21 Å². The lowest BCUT2D eigenvalue weighted by molar-refractivity contribution is 0.866. The molecule has 0 amide bonds. The average Bonchev–Trinajstić information content (AvgIpc) is 2.87. The van der Waals surface area contributed by atoms with Crippen molar-refractivity contribution in [3.8, 4) is 0 Å². The van der Waals surface area contributed by atoms with Crippen molar-refractivity contribution in [1.29, 1.82) is 0 Å². The van der Waals surface area contributed by atoms with Crippen LogP contribution in [0.3, 0.4) is 0 Å². The van der Waals surface area contributed by atoms with Crippen molar-refractivity contribution in [3.05, 3.63) is 46.5 Å². The van der Waals surface area contributed by atoms with Crippen molar-refractivity contribution in [1.82, 2.24) is 4.98 Å². The highest BCUT2D eigenvalue weighted by Crippen LogP contribution is 2.17. The number of alkyl halides is 1. The van der Waals surface area contributed by atoms with Crippen LogP contribution in [-0.2, 0) is 5.88 Å². The van der Waals surface area contributed by atoms with Crippen LogP contribution in [0.2, 0.25) is 0 Å². The highest BCUT2D eigenvalue weighted by Gasteiger charge is 1.99. The smallest absolute Gasteiger partial charge is 0.203 e. The third-order valence-corrected chi connectivity index (χ3v) is 3.74. The van der Waals surface area contributed by atoms with Crippen LogP contribution in [-0.4, -0.2) is 11.2 Å². The fourth-order valence-electron chi connectivity index (χ4n) is 1.55. The molecule has 0 atom stereocenters. The summed E-state index contributed by atoms with van der Waals surface area (Å²) in [6.07, 6.45) is 1.78. The Morgan fingerprint density at radius 3 is 2.68 bits per heavy atom. The molecule has 100 valence electrons. The van der Waals surface area contributed by atoms with Gasteiger partial charge in [0.15, 0.2) is 0 Å². The average molecular weight is 294 g/mol. The van der Waals surface area contributed by atoms with Gasteiger partial charge < -0.3 is 0 Å². The third kappa shape index (κ3) is 4.04. The van der Waals surface area contributed by atoms with Gasteiger partial charge in [-0.05, 0) is 17.0 Å². The van der Waals surface area contributed by atoms with Gasteiger partial charge in [0.2, 0.25) is 5.13 Å². The Bertz CT molecular complexity index is 546. The van der Waals surface area contributed by atoms with E-state index in [0.717, 1.165) is 16.4 Å². The predicted molar refractivity (Wildman–Crippen MR) is 83.4 cm³/mol. The van der Waals surface area contributed by atoms with Gasteiger partial charge in [-0.25, -0.2) is 4.98 Å². The highest BCUT2D eigenvalue weighted by molar-refractivity contribution is 7.13. The van der Waals surface area contributed by atoms with Crippen molar-refractivity contribution in [3.63, 3.8) is 0 Å². The summed E-state index contributed by atoms with van der Waals surface area (Å²) in [7, 11) is 0. The molecule has 1 N–H and O–H groups in total. The Labute approximate surface area is 122 Å². The van der Waals surface area contributed by atoms with E-state index >= 15 is 0 Å². The SMILES string of the molecule is CC(C)c1ccc(/C=N/Nc2nc(CCl)cs2)cc1. The first-order chi connectivity index (χ1) is 9.19. The number of hydrogen-bond donors (Lipinski definition) is 1. The second-order valence-electron chi connectivity index (χ2n) is 4.47. The van der Waals surface area contributed by atoms with Gasteiger partial charge in [0.25, 0.3) is 0 Å². The van der Waals surface area contributed by atoms with Crippen molar-refractivity contribution < 1.29 is 0 Å². The Kier molecular flexibility index (Phi) is 4.93. The minimum atomic E-state index is 0.429. The molecule has 5 heteroatoms. The zero-order valence-corrected chi connectivity index (χ0v) is 12.5. The minimum Gasteiger partial charge on any atom is -0.253 e. The van der Waals surface area contributed by atoms with Crippen molar-refractivity contribution in [2.24, 2.45) is 5.10 Å². The van der Waals surface area contributed by atoms with E-state index in [1.807, 2.05) is 5.38 Å². The first-order valence-electron chi connectivity index (χ1n) is 6.08. The molecule has 19 heavy (non-hydrogen) atoms. The lowest BCUT2D eigenvalue weighted by Crippen LogP contribution is -1.92.